The summed E-state index contributed by atoms with van der Waals surface area (Å²) < 4.78 is 17.6. The fourth-order valence-electron chi connectivity index (χ4n) is 4.51. The van der Waals surface area contributed by atoms with Crippen molar-refractivity contribution in [1.82, 2.24) is 0 Å². The first-order valence-corrected chi connectivity index (χ1v) is 11.1. The van der Waals surface area contributed by atoms with Gasteiger partial charge in [-0.15, -0.1) is 0 Å². The molecule has 1 fully saturated rings. The number of carboxylic acid groups (broad SMARTS) is 1. The monoisotopic (exact) mass is 438 g/mol. The van der Waals surface area contributed by atoms with Gasteiger partial charge < -0.3 is 19.3 Å². The lowest BCUT2D eigenvalue weighted by atomic mass is 9.94. The normalized spacial score (nSPS) is 16.9. The summed E-state index contributed by atoms with van der Waals surface area (Å²) in [5, 5.41) is 9.21. The first kappa shape index (κ1) is 22.2. The molecule has 2 aromatic carbocycles. The van der Waals surface area contributed by atoms with E-state index in [1.807, 2.05) is 30.3 Å². The summed E-state index contributed by atoms with van der Waals surface area (Å²) >= 11 is 0. The van der Waals surface area contributed by atoms with Crippen LogP contribution in [0.4, 0.5) is 0 Å². The highest BCUT2D eigenvalue weighted by atomic mass is 16.5. The van der Waals surface area contributed by atoms with Gasteiger partial charge in [0.05, 0.1) is 26.7 Å². The molecule has 6 heteroatoms. The molecule has 0 bridgehead atoms. The number of carbonyl (C=O) groups is 2. The van der Waals surface area contributed by atoms with Crippen LogP contribution < -0.4 is 14.2 Å². The minimum atomic E-state index is -0.758. The zero-order chi connectivity index (χ0) is 22.9. The molecule has 1 unspecified atom stereocenters. The highest BCUT2D eigenvalue weighted by Crippen LogP contribution is 2.52. The number of ketones is 1. The summed E-state index contributed by atoms with van der Waals surface area (Å²) in [6.07, 6.45) is 4.74. The largest absolute Gasteiger partial charge is 0.493 e. The third kappa shape index (κ3) is 4.18. The average Bonchev–Trinajstić information content (AvgIpc) is 3.48. The molecule has 4 rings (SSSR count). The molecule has 0 radical (unpaired) electrons. The number of hydrogen-bond donors (Lipinski definition) is 1. The topological polar surface area (TPSA) is 82.1 Å². The number of fused-ring (bicyclic) bond motifs is 1. The molecule has 170 valence electrons. The third-order valence-electron chi connectivity index (χ3n) is 6.88. The second kappa shape index (κ2) is 8.85. The van der Waals surface area contributed by atoms with Crippen molar-refractivity contribution in [2.45, 2.75) is 45.4 Å². The molecular weight excluding hydrogens is 408 g/mol. The molecule has 0 spiro atoms. The van der Waals surface area contributed by atoms with Crippen LogP contribution in [0.1, 0.15) is 54.9 Å². The Bertz CT molecular complexity index is 1040. The van der Waals surface area contributed by atoms with Gasteiger partial charge in [0.1, 0.15) is 0 Å². The Morgan fingerprint density at radius 2 is 1.78 bits per heavy atom. The van der Waals surface area contributed by atoms with E-state index in [2.05, 4.69) is 0 Å². The van der Waals surface area contributed by atoms with Crippen molar-refractivity contribution in [2.24, 2.45) is 11.3 Å². The van der Waals surface area contributed by atoms with Crippen LogP contribution in [-0.2, 0) is 11.2 Å². The molecule has 2 aliphatic rings. The van der Waals surface area contributed by atoms with Crippen LogP contribution in [0.25, 0.3) is 11.1 Å². The van der Waals surface area contributed by atoms with E-state index in [4.69, 9.17) is 14.2 Å². The van der Waals surface area contributed by atoms with Crippen LogP contribution in [0.5, 0.6) is 17.2 Å². The van der Waals surface area contributed by atoms with Crippen molar-refractivity contribution in [3.63, 3.8) is 0 Å². The van der Waals surface area contributed by atoms with E-state index in [1.165, 1.54) is 0 Å². The maximum absolute atomic E-state index is 12.3. The number of methoxy groups -OCH3 is 2. The smallest absolute Gasteiger partial charge is 0.306 e. The van der Waals surface area contributed by atoms with Gasteiger partial charge in [0.2, 0.25) is 5.75 Å². The van der Waals surface area contributed by atoms with E-state index in [1.54, 1.807) is 21.1 Å². The van der Waals surface area contributed by atoms with Gasteiger partial charge in [0, 0.05) is 23.0 Å². The number of rotatable bonds is 10. The molecule has 2 aromatic rings. The van der Waals surface area contributed by atoms with Gasteiger partial charge >= 0.3 is 5.97 Å². The first-order chi connectivity index (χ1) is 15.4. The summed E-state index contributed by atoms with van der Waals surface area (Å²) in [5.41, 5.74) is 3.69. The van der Waals surface area contributed by atoms with Crippen LogP contribution >= 0.6 is 0 Å². The number of benzene rings is 2. The van der Waals surface area contributed by atoms with Crippen LogP contribution in [0.15, 0.2) is 30.3 Å². The lowest BCUT2D eigenvalue weighted by molar-refractivity contribution is -0.141. The molecule has 2 aliphatic carbocycles. The van der Waals surface area contributed by atoms with E-state index in [0.717, 1.165) is 47.9 Å². The lowest BCUT2D eigenvalue weighted by Crippen LogP contribution is -2.17. The molecule has 32 heavy (non-hydrogen) atoms. The summed E-state index contributed by atoms with van der Waals surface area (Å²) in [6, 6.07) is 9.64. The van der Waals surface area contributed by atoms with Crippen molar-refractivity contribution in [3.05, 3.63) is 41.5 Å². The molecule has 1 N–H and O–H groups in total. The number of aliphatic carboxylic acids is 1. The molecule has 1 saturated carbocycles. The van der Waals surface area contributed by atoms with Crippen molar-refractivity contribution in [1.29, 1.82) is 0 Å². The van der Waals surface area contributed by atoms with Crippen molar-refractivity contribution < 1.29 is 28.9 Å². The minimum Gasteiger partial charge on any atom is -0.493 e. The van der Waals surface area contributed by atoms with Crippen LogP contribution in [0.3, 0.4) is 0 Å². The Kier molecular flexibility index (Phi) is 6.13. The van der Waals surface area contributed by atoms with E-state index < -0.39 is 5.97 Å². The van der Waals surface area contributed by atoms with Crippen LogP contribution in [-0.4, -0.2) is 37.7 Å². The van der Waals surface area contributed by atoms with Gasteiger partial charge in [-0.25, -0.2) is 0 Å². The van der Waals surface area contributed by atoms with Gasteiger partial charge in [-0.05, 0) is 55.4 Å². The fraction of sp³-hybridized carbons (Fsp3) is 0.462. The number of ether oxygens (including phenoxy) is 3. The average molecular weight is 439 g/mol. The minimum absolute atomic E-state index is 0.00364. The molecule has 0 heterocycles. The molecule has 0 amide bonds. The Morgan fingerprint density at radius 3 is 2.44 bits per heavy atom. The lowest BCUT2D eigenvalue weighted by Gasteiger charge is -2.22. The first-order valence-electron chi connectivity index (χ1n) is 11.1. The number of hydrogen-bond acceptors (Lipinski definition) is 5. The number of Topliss-reactive ketones (excluding diaryl/α,β-unsaturated/α-hetero) is 1. The highest BCUT2D eigenvalue weighted by Gasteiger charge is 2.44. The maximum Gasteiger partial charge on any atom is 0.306 e. The summed E-state index contributed by atoms with van der Waals surface area (Å²) in [5.74, 6) is 0.775. The quantitative estimate of drug-likeness (QED) is 0.552. The third-order valence-corrected chi connectivity index (χ3v) is 6.88. The van der Waals surface area contributed by atoms with Crippen molar-refractivity contribution >= 4 is 11.8 Å². The Morgan fingerprint density at radius 1 is 1.03 bits per heavy atom. The van der Waals surface area contributed by atoms with E-state index in [9.17, 15) is 14.7 Å². The predicted molar refractivity (Wildman–Crippen MR) is 121 cm³/mol. The Balaban J connectivity index is 1.66. The van der Waals surface area contributed by atoms with Crippen LogP contribution in [0, 0.1) is 11.3 Å². The summed E-state index contributed by atoms with van der Waals surface area (Å²) in [7, 11) is 3.19. The fourth-order valence-corrected chi connectivity index (χ4v) is 4.51. The van der Waals surface area contributed by atoms with Gasteiger partial charge in [-0.2, -0.15) is 0 Å². The van der Waals surface area contributed by atoms with E-state index in [-0.39, 0.29) is 17.1 Å². The molecular formula is C26H30O6. The second-order valence-corrected chi connectivity index (χ2v) is 9.00. The predicted octanol–water partition coefficient (Wildman–Crippen LogP) is 5.16. The van der Waals surface area contributed by atoms with Gasteiger partial charge in [-0.3, -0.25) is 9.59 Å². The van der Waals surface area contributed by atoms with Gasteiger partial charge in [0.15, 0.2) is 17.3 Å². The van der Waals surface area contributed by atoms with E-state index in [0.29, 0.717) is 36.7 Å². The Labute approximate surface area is 188 Å². The summed E-state index contributed by atoms with van der Waals surface area (Å²) in [6.45, 7) is 2.24. The van der Waals surface area contributed by atoms with E-state index >= 15 is 0 Å². The van der Waals surface area contributed by atoms with Gasteiger partial charge in [-0.1, -0.05) is 25.1 Å². The summed E-state index contributed by atoms with van der Waals surface area (Å²) in [4.78, 5) is 23.5. The molecule has 0 aliphatic heterocycles. The Hall–Kier alpha value is -3.02. The molecule has 6 nitrogen and oxygen atoms in total. The number of carbonyl (C=O) groups excluding carboxylic acids is 1. The highest BCUT2D eigenvalue weighted by molar-refractivity contribution is 6.02. The zero-order valence-electron chi connectivity index (χ0n) is 18.9. The second-order valence-electron chi connectivity index (χ2n) is 9.00. The van der Waals surface area contributed by atoms with Crippen molar-refractivity contribution in [3.8, 4) is 28.4 Å². The molecule has 0 saturated heterocycles. The number of carboxylic acids is 1. The molecule has 0 aromatic heterocycles. The SMILES string of the molecule is COc1ccc(-c2cccc3c2CCC3=O)c(OCC2(CCC(C)C(=O)O)CC2)c1OC. The standard InChI is InChI=1S/C26H30O6/c1-16(25(28)29)11-12-26(13-14-26)15-32-23-20(8-10-22(30-2)24(23)31-3)17-5-4-6-19-18(17)7-9-21(19)27/h4-6,8,10,16H,7,9,11-15H2,1-3H3,(H,28,29). The maximum atomic E-state index is 12.3. The van der Waals surface area contributed by atoms with Crippen LogP contribution in [0.2, 0.25) is 0 Å². The van der Waals surface area contributed by atoms with Crippen molar-refractivity contribution in [2.75, 3.05) is 20.8 Å². The molecule has 1 atom stereocenters. The van der Waals surface area contributed by atoms with Gasteiger partial charge in [0.25, 0.3) is 0 Å². The zero-order valence-corrected chi connectivity index (χ0v) is 18.9.